The fraction of sp³-hybridized carbons (Fsp3) is 0.444. The predicted molar refractivity (Wildman–Crippen MR) is 130 cm³/mol. The molecular formula is C27H32N2O6. The van der Waals surface area contributed by atoms with Crippen LogP contribution in [0.4, 0.5) is 4.79 Å². The molecule has 0 radical (unpaired) electrons. The van der Waals surface area contributed by atoms with Gasteiger partial charge < -0.3 is 25.2 Å². The van der Waals surface area contributed by atoms with Crippen molar-refractivity contribution in [2.45, 2.75) is 50.1 Å². The number of fused-ring (bicyclic) bond motifs is 3. The van der Waals surface area contributed by atoms with E-state index in [4.69, 9.17) is 9.47 Å². The number of amides is 2. The quantitative estimate of drug-likeness (QED) is 0.452. The van der Waals surface area contributed by atoms with Crippen molar-refractivity contribution in [2.75, 3.05) is 20.3 Å². The molecule has 2 aliphatic rings. The first kappa shape index (κ1) is 24.7. The molecule has 8 heteroatoms. The number of carboxylic acid groups (broad SMARTS) is 1. The Balaban J connectivity index is 1.43. The van der Waals surface area contributed by atoms with Crippen LogP contribution in [0.1, 0.15) is 49.7 Å². The van der Waals surface area contributed by atoms with Crippen LogP contribution in [0.2, 0.25) is 0 Å². The van der Waals surface area contributed by atoms with Crippen LogP contribution in [0.25, 0.3) is 11.1 Å². The average molecular weight is 481 g/mol. The lowest BCUT2D eigenvalue weighted by Gasteiger charge is -2.30. The second-order valence-corrected chi connectivity index (χ2v) is 9.36. The molecule has 8 nitrogen and oxygen atoms in total. The van der Waals surface area contributed by atoms with Crippen LogP contribution in [-0.4, -0.2) is 55.0 Å². The third kappa shape index (κ3) is 5.32. The molecule has 0 aromatic heterocycles. The summed E-state index contributed by atoms with van der Waals surface area (Å²) in [5.74, 6) is -1.50. The van der Waals surface area contributed by atoms with E-state index < -0.39 is 29.6 Å². The molecule has 2 aromatic carbocycles. The zero-order valence-electron chi connectivity index (χ0n) is 20.1. The van der Waals surface area contributed by atoms with Crippen LogP contribution in [0.3, 0.4) is 0 Å². The van der Waals surface area contributed by atoms with Gasteiger partial charge in [0, 0.05) is 13.0 Å². The second kappa shape index (κ2) is 10.5. The molecule has 2 aliphatic carbocycles. The van der Waals surface area contributed by atoms with Gasteiger partial charge in [-0.2, -0.15) is 0 Å². The van der Waals surface area contributed by atoms with Crippen molar-refractivity contribution in [3.05, 3.63) is 59.7 Å². The number of nitrogens with one attached hydrogen (secondary N) is 2. The van der Waals surface area contributed by atoms with E-state index in [0.717, 1.165) is 35.1 Å². The van der Waals surface area contributed by atoms with Crippen LogP contribution in [0.5, 0.6) is 0 Å². The number of carboxylic acids is 1. The van der Waals surface area contributed by atoms with Crippen LogP contribution >= 0.6 is 0 Å². The van der Waals surface area contributed by atoms with E-state index in [2.05, 4.69) is 22.8 Å². The Morgan fingerprint density at radius 1 is 1.06 bits per heavy atom. The molecule has 3 N–H and O–H groups in total. The summed E-state index contributed by atoms with van der Waals surface area (Å²) >= 11 is 0. The van der Waals surface area contributed by atoms with Gasteiger partial charge >= 0.3 is 12.1 Å². The van der Waals surface area contributed by atoms with Gasteiger partial charge in [0.25, 0.3) is 0 Å². The van der Waals surface area contributed by atoms with Crippen molar-refractivity contribution >= 4 is 18.0 Å². The van der Waals surface area contributed by atoms with Crippen LogP contribution in [-0.2, 0) is 19.1 Å². The molecular weight excluding hydrogens is 448 g/mol. The number of carbonyl (C=O) groups excluding carboxylic acids is 2. The first-order valence-electron chi connectivity index (χ1n) is 12.0. The van der Waals surface area contributed by atoms with E-state index in [0.29, 0.717) is 12.3 Å². The minimum Gasteiger partial charge on any atom is -0.479 e. The first-order chi connectivity index (χ1) is 16.9. The fourth-order valence-electron chi connectivity index (χ4n) is 4.76. The summed E-state index contributed by atoms with van der Waals surface area (Å²) in [4.78, 5) is 37.8. The van der Waals surface area contributed by atoms with Gasteiger partial charge in [-0.05, 0) is 41.0 Å². The van der Waals surface area contributed by atoms with Gasteiger partial charge in [0.1, 0.15) is 12.6 Å². The van der Waals surface area contributed by atoms with Gasteiger partial charge in [0.2, 0.25) is 5.91 Å². The Kier molecular flexibility index (Phi) is 7.40. The van der Waals surface area contributed by atoms with Gasteiger partial charge in [-0.3, -0.25) is 4.79 Å². The highest BCUT2D eigenvalue weighted by Gasteiger charge is 2.41. The Bertz CT molecular complexity index is 1050. The monoisotopic (exact) mass is 480 g/mol. The lowest BCUT2D eigenvalue weighted by molar-refractivity contribution is -0.150. The Hall–Kier alpha value is -3.39. The first-order valence-corrected chi connectivity index (χ1v) is 12.0. The third-order valence-corrected chi connectivity index (χ3v) is 6.98. The normalized spacial score (nSPS) is 17.0. The van der Waals surface area contributed by atoms with E-state index in [9.17, 15) is 19.5 Å². The lowest BCUT2D eigenvalue weighted by atomic mass is 9.96. The summed E-state index contributed by atoms with van der Waals surface area (Å²) in [6, 6.07) is 15.2. The number of alkyl carbamates (subject to hydrolysis) is 1. The summed E-state index contributed by atoms with van der Waals surface area (Å²) in [6.07, 6.45) is 1.83. The molecule has 1 saturated carbocycles. The van der Waals surface area contributed by atoms with Crippen LogP contribution < -0.4 is 10.6 Å². The van der Waals surface area contributed by atoms with Crippen LogP contribution in [0, 0.1) is 5.92 Å². The fourth-order valence-corrected chi connectivity index (χ4v) is 4.76. The molecule has 4 rings (SSSR count). The molecule has 0 bridgehead atoms. The molecule has 0 aliphatic heterocycles. The summed E-state index contributed by atoms with van der Waals surface area (Å²) in [5.41, 5.74) is 2.90. The average Bonchev–Trinajstić information content (AvgIpc) is 3.62. The standard InChI is InChI=1S/C27H32N2O6/c1-3-27(16-34-2,25(31)32)29-24(30)23(14-17-12-13-17)28-26(33)35-15-22-20-10-6-4-8-18(20)19-9-5-7-11-21(19)22/h4-11,17,22-23H,3,12-16H2,1-2H3,(H,28,33)(H,29,30)(H,31,32)/t23-,27?/m0/s1. The highest BCUT2D eigenvalue weighted by atomic mass is 16.5. The van der Waals surface area contributed by atoms with Crippen molar-refractivity contribution in [1.29, 1.82) is 0 Å². The van der Waals surface area contributed by atoms with Gasteiger partial charge in [0.05, 0.1) is 6.61 Å². The highest BCUT2D eigenvalue weighted by molar-refractivity contribution is 5.91. The molecule has 35 heavy (non-hydrogen) atoms. The van der Waals surface area contributed by atoms with E-state index in [1.54, 1.807) is 6.92 Å². The maximum atomic E-state index is 13.1. The molecule has 1 unspecified atom stereocenters. The largest absolute Gasteiger partial charge is 0.479 e. The van der Waals surface area contributed by atoms with Gasteiger partial charge in [-0.15, -0.1) is 0 Å². The van der Waals surface area contributed by atoms with E-state index in [1.165, 1.54) is 7.11 Å². The summed E-state index contributed by atoms with van der Waals surface area (Å²) < 4.78 is 10.7. The Labute approximate surface area is 205 Å². The van der Waals surface area contributed by atoms with Crippen molar-refractivity contribution in [2.24, 2.45) is 5.92 Å². The lowest BCUT2D eigenvalue weighted by Crippen LogP contribution is -2.61. The smallest absolute Gasteiger partial charge is 0.407 e. The number of rotatable bonds is 11. The molecule has 0 spiro atoms. The number of hydrogen-bond donors (Lipinski definition) is 3. The number of benzene rings is 2. The molecule has 0 heterocycles. The van der Waals surface area contributed by atoms with Crippen molar-refractivity contribution < 1.29 is 29.0 Å². The number of aliphatic carboxylic acids is 1. The second-order valence-electron chi connectivity index (χ2n) is 9.36. The van der Waals surface area contributed by atoms with Crippen molar-refractivity contribution in [3.63, 3.8) is 0 Å². The molecule has 0 saturated heterocycles. The number of ether oxygens (including phenoxy) is 2. The van der Waals surface area contributed by atoms with Crippen molar-refractivity contribution in [1.82, 2.24) is 10.6 Å². The minimum atomic E-state index is -1.56. The molecule has 2 atom stereocenters. The maximum absolute atomic E-state index is 13.1. The maximum Gasteiger partial charge on any atom is 0.407 e. The summed E-state index contributed by atoms with van der Waals surface area (Å²) in [6.45, 7) is 1.63. The zero-order valence-corrected chi connectivity index (χ0v) is 20.1. The van der Waals surface area contributed by atoms with Gasteiger partial charge in [-0.25, -0.2) is 9.59 Å². The van der Waals surface area contributed by atoms with Crippen LogP contribution in [0.15, 0.2) is 48.5 Å². The summed E-state index contributed by atoms with van der Waals surface area (Å²) in [7, 11) is 1.39. The molecule has 1 fully saturated rings. The predicted octanol–water partition coefficient (Wildman–Crippen LogP) is 3.69. The minimum absolute atomic E-state index is 0.0923. The molecule has 2 aromatic rings. The Morgan fingerprint density at radius 3 is 2.17 bits per heavy atom. The Morgan fingerprint density at radius 2 is 1.66 bits per heavy atom. The van der Waals surface area contributed by atoms with Gasteiger partial charge in [0.15, 0.2) is 5.54 Å². The SMILES string of the molecule is CCC(COC)(NC(=O)[C@H](CC1CC1)NC(=O)OCC1c2ccccc2-c2ccccc21)C(=O)O. The van der Waals surface area contributed by atoms with E-state index in [-0.39, 0.29) is 25.6 Å². The molecule has 2 amide bonds. The highest BCUT2D eigenvalue weighted by Crippen LogP contribution is 2.44. The zero-order chi connectivity index (χ0) is 25.0. The topological polar surface area (TPSA) is 114 Å². The molecule has 186 valence electrons. The third-order valence-electron chi connectivity index (χ3n) is 6.98. The number of hydrogen-bond acceptors (Lipinski definition) is 5. The van der Waals surface area contributed by atoms with Gasteiger partial charge in [-0.1, -0.05) is 68.3 Å². The van der Waals surface area contributed by atoms with E-state index in [1.807, 2.05) is 36.4 Å². The number of methoxy groups -OCH3 is 1. The van der Waals surface area contributed by atoms with Crippen molar-refractivity contribution in [3.8, 4) is 11.1 Å². The summed E-state index contributed by atoms with van der Waals surface area (Å²) in [5, 5.41) is 15.0. The number of carbonyl (C=O) groups is 3. The van der Waals surface area contributed by atoms with E-state index >= 15 is 0 Å².